The maximum absolute atomic E-state index is 11.8. The van der Waals surface area contributed by atoms with Crippen LogP contribution in [0.3, 0.4) is 0 Å². The van der Waals surface area contributed by atoms with E-state index in [1.807, 2.05) is 13.0 Å². The topological polar surface area (TPSA) is 91.5 Å². The largest absolute Gasteiger partial charge is 0.396 e. The van der Waals surface area contributed by atoms with Gasteiger partial charge in [-0.1, -0.05) is 6.92 Å². The van der Waals surface area contributed by atoms with Crippen molar-refractivity contribution in [3.05, 3.63) is 22.8 Å². The second kappa shape index (κ2) is 6.67. The maximum Gasteiger partial charge on any atom is 0.321 e. The van der Waals surface area contributed by atoms with E-state index in [9.17, 15) is 4.79 Å². The maximum atomic E-state index is 11.8. The lowest BCUT2D eigenvalue weighted by atomic mass is 10.2. The number of hydrogen-bond donors (Lipinski definition) is 3. The van der Waals surface area contributed by atoms with Crippen LogP contribution in [0.25, 0.3) is 5.65 Å². The number of amides is 2. The number of aliphatic hydroxyl groups is 1. The Labute approximate surface area is 124 Å². The standard InChI is InChI=1S/C12H16BrN5O2/c1-2-9(5-6-19)14-12(20)16-11-15-10-4-3-8(13)7-18(10)17-11/h3-4,7,9,19H,2,5-6H2,1H3,(H2,14,16,17,20)/t9-/m0/s1. The molecule has 0 aliphatic heterocycles. The van der Waals surface area contributed by atoms with E-state index in [0.29, 0.717) is 12.1 Å². The van der Waals surface area contributed by atoms with E-state index in [0.717, 1.165) is 10.9 Å². The molecule has 2 rings (SSSR count). The Kier molecular flexibility index (Phi) is 4.91. The van der Waals surface area contributed by atoms with Crippen molar-refractivity contribution in [1.82, 2.24) is 19.9 Å². The highest BCUT2D eigenvalue weighted by Crippen LogP contribution is 2.12. The van der Waals surface area contributed by atoms with Gasteiger partial charge in [0.25, 0.3) is 5.95 Å². The fourth-order valence-corrected chi connectivity index (χ4v) is 2.09. The SMILES string of the molecule is CC[C@@H](CCO)NC(=O)Nc1nc2ccc(Br)cn2n1. The molecular formula is C12H16BrN5O2. The van der Waals surface area contributed by atoms with Gasteiger partial charge in [0.2, 0.25) is 0 Å². The number of aromatic nitrogens is 3. The predicted octanol–water partition coefficient (Wildman–Crippen LogP) is 1.77. The van der Waals surface area contributed by atoms with E-state index < -0.39 is 0 Å². The predicted molar refractivity (Wildman–Crippen MR) is 78.6 cm³/mol. The Morgan fingerprint density at radius 3 is 3.05 bits per heavy atom. The molecule has 108 valence electrons. The number of nitrogens with one attached hydrogen (secondary N) is 2. The van der Waals surface area contributed by atoms with E-state index in [4.69, 9.17) is 5.11 Å². The summed E-state index contributed by atoms with van der Waals surface area (Å²) in [6, 6.07) is 3.20. The van der Waals surface area contributed by atoms with Crippen LogP contribution in [0, 0.1) is 0 Å². The van der Waals surface area contributed by atoms with Crippen molar-refractivity contribution in [3.8, 4) is 0 Å². The summed E-state index contributed by atoms with van der Waals surface area (Å²) >= 11 is 3.34. The molecule has 2 aromatic heterocycles. The zero-order valence-electron chi connectivity index (χ0n) is 11.0. The Morgan fingerprint density at radius 2 is 2.35 bits per heavy atom. The fourth-order valence-electron chi connectivity index (χ4n) is 1.77. The van der Waals surface area contributed by atoms with E-state index >= 15 is 0 Å². The van der Waals surface area contributed by atoms with Crippen LogP contribution in [-0.4, -0.2) is 38.4 Å². The highest BCUT2D eigenvalue weighted by Gasteiger charge is 2.12. The number of halogens is 1. The molecule has 0 fully saturated rings. The van der Waals surface area contributed by atoms with Crippen LogP contribution in [-0.2, 0) is 0 Å². The van der Waals surface area contributed by atoms with Gasteiger partial charge in [0, 0.05) is 23.3 Å². The first-order chi connectivity index (χ1) is 9.62. The minimum absolute atomic E-state index is 0.0411. The Hall–Kier alpha value is -1.67. The summed E-state index contributed by atoms with van der Waals surface area (Å²) in [6.45, 7) is 1.99. The highest BCUT2D eigenvalue weighted by molar-refractivity contribution is 9.10. The summed E-state index contributed by atoms with van der Waals surface area (Å²) in [7, 11) is 0. The van der Waals surface area contributed by atoms with Crippen molar-refractivity contribution in [3.63, 3.8) is 0 Å². The third-order valence-corrected chi connectivity index (χ3v) is 3.29. The number of carbonyl (C=O) groups excluding carboxylic acids is 1. The number of fused-ring (bicyclic) bond motifs is 1. The fraction of sp³-hybridized carbons (Fsp3) is 0.417. The van der Waals surface area contributed by atoms with E-state index in [1.165, 1.54) is 0 Å². The molecule has 0 spiro atoms. The van der Waals surface area contributed by atoms with Crippen molar-refractivity contribution < 1.29 is 9.90 Å². The van der Waals surface area contributed by atoms with Crippen LogP contribution < -0.4 is 10.6 Å². The van der Waals surface area contributed by atoms with Gasteiger partial charge < -0.3 is 10.4 Å². The molecular weight excluding hydrogens is 326 g/mol. The van der Waals surface area contributed by atoms with Crippen molar-refractivity contribution >= 4 is 33.6 Å². The summed E-state index contributed by atoms with van der Waals surface area (Å²) in [5.41, 5.74) is 0.644. The van der Waals surface area contributed by atoms with Crippen molar-refractivity contribution in [2.45, 2.75) is 25.8 Å². The summed E-state index contributed by atoms with van der Waals surface area (Å²) in [5.74, 6) is 0.236. The molecule has 20 heavy (non-hydrogen) atoms. The first-order valence-corrected chi connectivity index (χ1v) is 7.12. The number of carbonyl (C=O) groups is 1. The second-order valence-electron chi connectivity index (χ2n) is 4.30. The average molecular weight is 342 g/mol. The zero-order chi connectivity index (χ0) is 14.5. The van der Waals surface area contributed by atoms with Gasteiger partial charge in [-0.15, -0.1) is 5.10 Å². The number of pyridine rings is 1. The van der Waals surface area contributed by atoms with E-state index in [1.54, 1.807) is 16.8 Å². The molecule has 1 atom stereocenters. The number of hydrogen-bond acceptors (Lipinski definition) is 4. The van der Waals surface area contributed by atoms with Gasteiger partial charge in [-0.05, 0) is 40.9 Å². The summed E-state index contributed by atoms with van der Waals surface area (Å²) in [5, 5.41) is 18.4. The Balaban J connectivity index is 2.02. The quantitative estimate of drug-likeness (QED) is 0.772. The van der Waals surface area contributed by atoms with Gasteiger partial charge in [-0.2, -0.15) is 4.98 Å². The molecule has 3 N–H and O–H groups in total. The third kappa shape index (κ3) is 3.67. The van der Waals surface area contributed by atoms with Crippen molar-refractivity contribution in [1.29, 1.82) is 0 Å². The molecule has 0 aromatic carbocycles. The molecule has 0 aliphatic carbocycles. The van der Waals surface area contributed by atoms with Gasteiger partial charge in [-0.3, -0.25) is 5.32 Å². The van der Waals surface area contributed by atoms with E-state index in [-0.39, 0.29) is 24.6 Å². The van der Waals surface area contributed by atoms with Crippen LogP contribution in [0.4, 0.5) is 10.7 Å². The number of anilines is 1. The molecule has 0 bridgehead atoms. The molecule has 7 nitrogen and oxygen atoms in total. The first-order valence-electron chi connectivity index (χ1n) is 6.32. The molecule has 2 amide bonds. The molecule has 2 heterocycles. The molecule has 8 heteroatoms. The van der Waals surface area contributed by atoms with Crippen molar-refractivity contribution in [2.24, 2.45) is 0 Å². The summed E-state index contributed by atoms with van der Waals surface area (Å²) < 4.78 is 2.45. The third-order valence-electron chi connectivity index (χ3n) is 2.83. The number of aliphatic hydroxyl groups excluding tert-OH is 1. The Bertz CT molecular complexity index is 601. The summed E-state index contributed by atoms with van der Waals surface area (Å²) in [6.07, 6.45) is 3.03. The molecule has 0 unspecified atom stereocenters. The van der Waals surface area contributed by atoms with Crippen LogP contribution in [0.15, 0.2) is 22.8 Å². The van der Waals surface area contributed by atoms with Gasteiger partial charge in [0.05, 0.1) is 0 Å². The van der Waals surface area contributed by atoms with Gasteiger partial charge >= 0.3 is 6.03 Å². The average Bonchev–Trinajstić information content (AvgIpc) is 2.79. The summed E-state index contributed by atoms with van der Waals surface area (Å²) in [4.78, 5) is 16.0. The molecule has 0 saturated carbocycles. The smallest absolute Gasteiger partial charge is 0.321 e. The zero-order valence-corrected chi connectivity index (χ0v) is 12.6. The minimum Gasteiger partial charge on any atom is -0.396 e. The van der Waals surface area contributed by atoms with Crippen LogP contribution in [0.1, 0.15) is 19.8 Å². The van der Waals surface area contributed by atoms with Crippen LogP contribution >= 0.6 is 15.9 Å². The molecule has 0 radical (unpaired) electrons. The second-order valence-corrected chi connectivity index (χ2v) is 5.22. The molecule has 2 aromatic rings. The number of urea groups is 1. The minimum atomic E-state index is -0.375. The van der Waals surface area contributed by atoms with Gasteiger partial charge in [-0.25, -0.2) is 9.31 Å². The van der Waals surface area contributed by atoms with Crippen molar-refractivity contribution in [2.75, 3.05) is 11.9 Å². The lowest BCUT2D eigenvalue weighted by Crippen LogP contribution is -2.38. The lowest BCUT2D eigenvalue weighted by Gasteiger charge is -2.15. The van der Waals surface area contributed by atoms with Gasteiger partial charge in [0.15, 0.2) is 5.65 Å². The Morgan fingerprint density at radius 1 is 1.55 bits per heavy atom. The monoisotopic (exact) mass is 341 g/mol. The number of nitrogens with zero attached hydrogens (tertiary/aromatic N) is 3. The first kappa shape index (κ1) is 14.7. The van der Waals surface area contributed by atoms with Crippen LogP contribution in [0.2, 0.25) is 0 Å². The highest BCUT2D eigenvalue weighted by atomic mass is 79.9. The lowest BCUT2D eigenvalue weighted by molar-refractivity contribution is 0.237. The molecule has 0 aliphatic rings. The van der Waals surface area contributed by atoms with Gasteiger partial charge in [0.1, 0.15) is 0 Å². The molecule has 0 saturated heterocycles. The number of rotatable bonds is 5. The normalized spacial score (nSPS) is 12.3. The van der Waals surface area contributed by atoms with E-state index in [2.05, 4.69) is 36.6 Å². The van der Waals surface area contributed by atoms with Crippen LogP contribution in [0.5, 0.6) is 0 Å².